The maximum absolute atomic E-state index is 12.5. The molecule has 0 radical (unpaired) electrons. The van der Waals surface area contributed by atoms with E-state index in [0.29, 0.717) is 24.5 Å². The number of hydrogen-bond donors (Lipinski definition) is 1. The summed E-state index contributed by atoms with van der Waals surface area (Å²) in [6.45, 7) is 4.68. The first kappa shape index (κ1) is 16.6. The Morgan fingerprint density at radius 3 is 2.48 bits per heavy atom. The van der Waals surface area contributed by atoms with Crippen molar-refractivity contribution in [3.8, 4) is 0 Å². The molecule has 7 heteroatoms. The van der Waals surface area contributed by atoms with Crippen LogP contribution in [0.25, 0.3) is 0 Å². The zero-order valence-electron chi connectivity index (χ0n) is 13.2. The quantitative estimate of drug-likeness (QED) is 0.869. The van der Waals surface area contributed by atoms with Crippen molar-refractivity contribution in [3.63, 3.8) is 0 Å². The summed E-state index contributed by atoms with van der Waals surface area (Å²) >= 11 is 1.64. The highest BCUT2D eigenvalue weighted by atomic mass is 32.2. The molecule has 1 N–H and O–H groups in total. The maximum atomic E-state index is 12.5. The van der Waals surface area contributed by atoms with Crippen LogP contribution in [-0.2, 0) is 23.1 Å². The van der Waals surface area contributed by atoms with Gasteiger partial charge in [0.25, 0.3) is 0 Å². The van der Waals surface area contributed by atoms with Crippen LogP contribution in [0, 0.1) is 6.92 Å². The fraction of sp³-hybridized carbons (Fsp3) is 0.438. The molecule has 1 aromatic carbocycles. The average molecular weight is 351 g/mol. The average Bonchev–Trinajstić information content (AvgIpc) is 3.20. The van der Waals surface area contributed by atoms with Crippen LogP contribution in [0.3, 0.4) is 0 Å². The summed E-state index contributed by atoms with van der Waals surface area (Å²) < 4.78 is 26.5. The Balaban J connectivity index is 1.58. The second-order valence-electron chi connectivity index (χ2n) is 5.72. The van der Waals surface area contributed by atoms with Gasteiger partial charge in [0, 0.05) is 31.6 Å². The molecule has 3 rings (SSSR count). The molecule has 1 fully saturated rings. The highest BCUT2D eigenvalue weighted by Crippen LogP contribution is 2.21. The molecule has 0 aliphatic carbocycles. The molecule has 0 spiro atoms. The molecule has 23 heavy (non-hydrogen) atoms. The van der Waals surface area contributed by atoms with Gasteiger partial charge in [-0.05, 0) is 37.5 Å². The number of aromatic nitrogens is 1. The van der Waals surface area contributed by atoms with E-state index in [1.165, 1.54) is 0 Å². The molecule has 0 amide bonds. The van der Waals surface area contributed by atoms with Crippen molar-refractivity contribution >= 4 is 21.4 Å². The molecule has 5 nitrogen and oxygen atoms in total. The third-order valence-corrected chi connectivity index (χ3v) is 6.66. The Kier molecular flexibility index (Phi) is 5.11. The molecule has 1 aliphatic rings. The molecule has 1 aliphatic heterocycles. The molecule has 0 unspecified atom stereocenters. The minimum absolute atomic E-state index is 0.387. The van der Waals surface area contributed by atoms with E-state index in [-0.39, 0.29) is 0 Å². The summed E-state index contributed by atoms with van der Waals surface area (Å²) in [5, 5.41) is 6.45. The molecule has 1 saturated heterocycles. The molecule has 2 aromatic rings. The first-order chi connectivity index (χ1) is 11.1. The van der Waals surface area contributed by atoms with Gasteiger partial charge in [0.2, 0.25) is 10.0 Å². The third-order valence-electron chi connectivity index (χ3n) is 3.93. The van der Waals surface area contributed by atoms with Crippen LogP contribution in [0.15, 0.2) is 34.5 Å². The van der Waals surface area contributed by atoms with Crippen LogP contribution in [0.5, 0.6) is 0 Å². The molecular weight excluding hydrogens is 330 g/mol. The summed E-state index contributed by atoms with van der Waals surface area (Å²) in [6, 6.07) is 7.17. The lowest BCUT2D eigenvalue weighted by Gasteiger charge is -2.15. The summed E-state index contributed by atoms with van der Waals surface area (Å²) in [6.07, 6.45) is 1.91. The Morgan fingerprint density at radius 2 is 1.87 bits per heavy atom. The molecule has 0 bridgehead atoms. The number of aryl methyl sites for hydroxylation is 1. The predicted octanol–water partition coefficient (Wildman–Crippen LogP) is 2.53. The Labute approximate surface area is 141 Å². The first-order valence-electron chi connectivity index (χ1n) is 7.76. The highest BCUT2D eigenvalue weighted by Gasteiger charge is 2.26. The molecular formula is C16H21N3O2S2. The van der Waals surface area contributed by atoms with Crippen molar-refractivity contribution in [1.82, 2.24) is 14.6 Å². The van der Waals surface area contributed by atoms with E-state index in [1.807, 2.05) is 24.4 Å². The van der Waals surface area contributed by atoms with Gasteiger partial charge in [0.15, 0.2) is 0 Å². The number of nitrogens with one attached hydrogen (secondary N) is 1. The lowest BCUT2D eigenvalue weighted by molar-refractivity contribution is 0.477. The fourth-order valence-corrected chi connectivity index (χ4v) is 4.81. The zero-order chi connectivity index (χ0) is 16.3. The molecule has 2 heterocycles. The smallest absolute Gasteiger partial charge is 0.243 e. The summed E-state index contributed by atoms with van der Waals surface area (Å²) in [7, 11) is -3.31. The molecule has 124 valence electrons. The summed E-state index contributed by atoms with van der Waals surface area (Å²) in [5.74, 6) is 0. The Hall–Kier alpha value is -1.28. The van der Waals surface area contributed by atoms with E-state index in [2.05, 4.69) is 10.3 Å². The highest BCUT2D eigenvalue weighted by molar-refractivity contribution is 7.89. The number of nitrogens with zero attached hydrogens (tertiary/aromatic N) is 2. The van der Waals surface area contributed by atoms with Crippen molar-refractivity contribution in [3.05, 3.63) is 45.9 Å². The minimum atomic E-state index is -3.31. The number of sulfonamides is 1. The molecule has 0 atom stereocenters. The van der Waals surface area contributed by atoms with Gasteiger partial charge < -0.3 is 5.32 Å². The van der Waals surface area contributed by atoms with Crippen LogP contribution in [0.1, 0.15) is 29.1 Å². The zero-order valence-corrected chi connectivity index (χ0v) is 14.8. The van der Waals surface area contributed by atoms with Gasteiger partial charge in [-0.2, -0.15) is 4.31 Å². The normalized spacial score (nSPS) is 16.0. The lowest BCUT2D eigenvalue weighted by atomic mass is 10.2. The number of rotatable bonds is 6. The number of benzene rings is 1. The lowest BCUT2D eigenvalue weighted by Crippen LogP contribution is -2.27. The molecule has 0 saturated carbocycles. The second kappa shape index (κ2) is 7.09. The van der Waals surface area contributed by atoms with Crippen LogP contribution >= 0.6 is 11.3 Å². The maximum Gasteiger partial charge on any atom is 0.243 e. The van der Waals surface area contributed by atoms with Gasteiger partial charge in [-0.15, -0.1) is 11.3 Å². The van der Waals surface area contributed by atoms with E-state index in [4.69, 9.17) is 0 Å². The van der Waals surface area contributed by atoms with Gasteiger partial charge in [-0.3, -0.25) is 0 Å². The fourth-order valence-electron chi connectivity index (χ4n) is 2.68. The minimum Gasteiger partial charge on any atom is -0.307 e. The topological polar surface area (TPSA) is 62.3 Å². The largest absolute Gasteiger partial charge is 0.307 e. The van der Waals surface area contributed by atoms with Crippen LogP contribution in [0.2, 0.25) is 0 Å². The van der Waals surface area contributed by atoms with Gasteiger partial charge in [-0.25, -0.2) is 13.4 Å². The van der Waals surface area contributed by atoms with Gasteiger partial charge in [-0.1, -0.05) is 12.1 Å². The van der Waals surface area contributed by atoms with Crippen molar-refractivity contribution in [2.75, 3.05) is 13.1 Å². The van der Waals surface area contributed by atoms with Crippen LogP contribution in [0.4, 0.5) is 0 Å². The first-order valence-corrected chi connectivity index (χ1v) is 10.1. The van der Waals surface area contributed by atoms with E-state index < -0.39 is 10.0 Å². The van der Waals surface area contributed by atoms with Gasteiger partial charge in [0.1, 0.15) is 0 Å². The van der Waals surface area contributed by atoms with Crippen molar-refractivity contribution in [2.45, 2.75) is 37.8 Å². The Bertz CT molecular complexity index is 748. The summed E-state index contributed by atoms with van der Waals surface area (Å²) in [5.41, 5.74) is 2.11. The van der Waals surface area contributed by atoms with Crippen molar-refractivity contribution in [1.29, 1.82) is 0 Å². The van der Waals surface area contributed by atoms with Crippen molar-refractivity contribution in [2.24, 2.45) is 0 Å². The van der Waals surface area contributed by atoms with Crippen LogP contribution in [-0.4, -0.2) is 30.8 Å². The van der Waals surface area contributed by atoms with E-state index in [1.54, 1.807) is 27.8 Å². The van der Waals surface area contributed by atoms with Gasteiger partial charge in [0.05, 0.1) is 15.6 Å². The van der Waals surface area contributed by atoms with E-state index >= 15 is 0 Å². The summed E-state index contributed by atoms with van der Waals surface area (Å²) in [4.78, 5) is 4.79. The SMILES string of the molecule is Cc1nc(CNCc2ccc(S(=O)(=O)N3CCCC3)cc2)cs1. The standard InChI is InChI=1S/C16H21N3O2S2/c1-13-18-15(12-22-13)11-17-10-14-4-6-16(7-5-14)23(20,21)19-8-2-3-9-19/h4-7,12,17H,2-3,8-11H2,1H3. The monoisotopic (exact) mass is 351 g/mol. The van der Waals surface area contributed by atoms with E-state index in [9.17, 15) is 8.42 Å². The Morgan fingerprint density at radius 1 is 1.17 bits per heavy atom. The third kappa shape index (κ3) is 3.98. The molecule has 1 aromatic heterocycles. The predicted molar refractivity (Wildman–Crippen MR) is 91.8 cm³/mol. The second-order valence-corrected chi connectivity index (χ2v) is 8.72. The van der Waals surface area contributed by atoms with Gasteiger partial charge >= 0.3 is 0 Å². The number of thiazole rings is 1. The van der Waals surface area contributed by atoms with E-state index in [0.717, 1.165) is 35.7 Å². The number of hydrogen-bond acceptors (Lipinski definition) is 5. The van der Waals surface area contributed by atoms with Crippen molar-refractivity contribution < 1.29 is 8.42 Å². The van der Waals surface area contributed by atoms with Crippen LogP contribution < -0.4 is 5.32 Å².